The van der Waals surface area contributed by atoms with Crippen molar-refractivity contribution in [1.82, 2.24) is 0 Å². The Morgan fingerprint density at radius 2 is 2.00 bits per heavy atom. The Morgan fingerprint density at radius 1 is 1.29 bits per heavy atom. The minimum Gasteiger partial charge on any atom is -0.393 e. The molecule has 5 aliphatic rings. The molecule has 0 spiro atoms. The Balaban J connectivity index is 1.61. The van der Waals surface area contributed by atoms with E-state index in [-0.39, 0.29) is 22.6 Å². The zero-order chi connectivity index (χ0) is 22.6. The number of allylic oxidation sites excluding steroid dienone is 3. The Kier molecular flexibility index (Phi) is 5.21. The van der Waals surface area contributed by atoms with E-state index in [0.29, 0.717) is 24.2 Å². The van der Waals surface area contributed by atoms with E-state index in [1.807, 2.05) is 13.8 Å². The average molecular weight is 559 g/mol. The molecule has 0 radical (unpaired) electrons. The van der Waals surface area contributed by atoms with Crippen LogP contribution in [0, 0.1) is 34.5 Å². The maximum Gasteiger partial charge on any atom is 0.234 e. The van der Waals surface area contributed by atoms with Crippen molar-refractivity contribution in [1.29, 1.82) is 0 Å². The third-order valence-corrected chi connectivity index (χ3v) is 11.3. The molecule has 4 nitrogen and oxygen atoms in total. The molecule has 0 amide bonds. The summed E-state index contributed by atoms with van der Waals surface area (Å²) < 4.78 is 12.9. The van der Waals surface area contributed by atoms with Crippen molar-refractivity contribution in [2.45, 2.75) is 90.3 Å². The van der Waals surface area contributed by atoms with Gasteiger partial charge in [-0.2, -0.15) is 0 Å². The molecule has 31 heavy (non-hydrogen) atoms. The van der Waals surface area contributed by atoms with Crippen molar-refractivity contribution in [3.8, 4) is 0 Å². The van der Waals surface area contributed by atoms with Crippen LogP contribution in [0.3, 0.4) is 0 Å². The van der Waals surface area contributed by atoms with E-state index in [2.05, 4.69) is 54.6 Å². The first-order chi connectivity index (χ1) is 14.4. The first-order valence-electron chi connectivity index (χ1n) is 11.7. The van der Waals surface area contributed by atoms with Crippen LogP contribution in [0.5, 0.6) is 0 Å². The third-order valence-electron chi connectivity index (χ3n) is 9.70. The second-order valence-electron chi connectivity index (χ2n) is 11.7. The van der Waals surface area contributed by atoms with E-state index >= 15 is 0 Å². The summed E-state index contributed by atoms with van der Waals surface area (Å²) in [6, 6.07) is 0. The van der Waals surface area contributed by atoms with Gasteiger partial charge in [-0.3, -0.25) is 4.79 Å². The minimum absolute atomic E-state index is 0.00184. The van der Waals surface area contributed by atoms with E-state index in [0.717, 1.165) is 25.7 Å². The van der Waals surface area contributed by atoms with E-state index in [4.69, 9.17) is 9.47 Å². The molecule has 1 aliphatic heterocycles. The monoisotopic (exact) mass is 558 g/mol. The van der Waals surface area contributed by atoms with Gasteiger partial charge in [0.1, 0.15) is 0 Å². The molecule has 0 aromatic heterocycles. The first kappa shape index (κ1) is 22.9. The number of aliphatic hydroxyl groups excluding tert-OH is 1. The Bertz CT molecular complexity index is 870. The normalized spacial score (nSPS) is 52.6. The van der Waals surface area contributed by atoms with Gasteiger partial charge in [0.25, 0.3) is 0 Å². The van der Waals surface area contributed by atoms with Gasteiger partial charge in [0.2, 0.25) is 5.12 Å². The van der Waals surface area contributed by atoms with Crippen molar-refractivity contribution in [3.05, 3.63) is 23.8 Å². The molecule has 4 aliphatic carbocycles. The topological polar surface area (TPSA) is 55.8 Å². The summed E-state index contributed by atoms with van der Waals surface area (Å²) in [6.45, 7) is 15.0. The molecule has 1 N–H and O–H groups in total. The second-order valence-corrected chi connectivity index (χ2v) is 13.6. The van der Waals surface area contributed by atoms with Crippen LogP contribution >= 0.6 is 30.1 Å². The smallest absolute Gasteiger partial charge is 0.234 e. The SMILES string of the molecule is C=C1C=C2[C@@H](C)CC3C([C@@H](O)C[C@@]4(C)C3C[C@H]3OC(C)(C)O[C@]34C(=O)SI)[C@@]2(C)CC1. The third kappa shape index (κ3) is 2.87. The molecule has 1 heterocycles. The van der Waals surface area contributed by atoms with Gasteiger partial charge in [-0.25, -0.2) is 0 Å². The lowest BCUT2D eigenvalue weighted by Crippen LogP contribution is -2.63. The molecule has 4 fully saturated rings. The summed E-state index contributed by atoms with van der Waals surface area (Å²) in [7, 11) is 1.22. The second kappa shape index (κ2) is 7.06. The van der Waals surface area contributed by atoms with Crippen LogP contribution in [0.2, 0.25) is 0 Å². The van der Waals surface area contributed by atoms with Gasteiger partial charge in [0.15, 0.2) is 11.4 Å². The lowest BCUT2D eigenvalue weighted by atomic mass is 9.44. The van der Waals surface area contributed by atoms with E-state index in [1.54, 1.807) is 0 Å². The van der Waals surface area contributed by atoms with Crippen LogP contribution in [-0.4, -0.2) is 33.8 Å². The molecule has 5 rings (SSSR count). The number of rotatable bonds is 1. The molecule has 3 unspecified atom stereocenters. The fourth-order valence-electron chi connectivity index (χ4n) is 8.71. The summed E-state index contributed by atoms with van der Waals surface area (Å²) in [4.78, 5) is 13.5. The Hall–Kier alpha value is 0.110. The zero-order valence-corrected chi connectivity index (χ0v) is 22.2. The van der Waals surface area contributed by atoms with Crippen LogP contribution in [0.4, 0.5) is 0 Å². The maximum atomic E-state index is 13.5. The van der Waals surface area contributed by atoms with Gasteiger partial charge < -0.3 is 14.6 Å². The van der Waals surface area contributed by atoms with Crippen LogP contribution in [0.1, 0.15) is 66.7 Å². The standard InChI is InChI=1S/C25H35IO4S/c1-13-7-8-23(5)16(9-13)14(2)10-15-17-11-19-25(21(28)31-26,30-22(3,4)29-19)24(17,6)12-18(27)20(15)23/h9,14-15,17-20,27H,1,7-8,10-12H2,2-6H3/t14-,15?,17?,18-,19+,20?,23-,24-,25-/m0/s1. The molecule has 0 aromatic carbocycles. The number of ether oxygens (including phenoxy) is 2. The largest absolute Gasteiger partial charge is 0.393 e. The lowest BCUT2D eigenvalue weighted by Gasteiger charge is -2.62. The minimum atomic E-state index is -0.986. The summed E-state index contributed by atoms with van der Waals surface area (Å²) in [6.07, 6.45) is 6.16. The molecular weight excluding hydrogens is 523 g/mol. The van der Waals surface area contributed by atoms with Gasteiger partial charge in [-0.15, -0.1) is 0 Å². The van der Waals surface area contributed by atoms with Crippen molar-refractivity contribution in [3.63, 3.8) is 0 Å². The van der Waals surface area contributed by atoms with Crippen LogP contribution in [0.25, 0.3) is 0 Å². The number of hydrogen-bond acceptors (Lipinski definition) is 5. The Labute approximate surface area is 202 Å². The van der Waals surface area contributed by atoms with Crippen molar-refractivity contribution < 1.29 is 19.4 Å². The summed E-state index contributed by atoms with van der Waals surface area (Å²) in [5.41, 5.74) is 1.28. The average Bonchev–Trinajstić information content (AvgIpc) is 3.08. The summed E-state index contributed by atoms with van der Waals surface area (Å²) in [5, 5.41) is 11.8. The molecule has 0 bridgehead atoms. The number of fused-ring (bicyclic) bond motifs is 7. The Morgan fingerprint density at radius 3 is 2.68 bits per heavy atom. The van der Waals surface area contributed by atoms with E-state index < -0.39 is 22.9 Å². The van der Waals surface area contributed by atoms with Gasteiger partial charge in [-0.05, 0) is 84.0 Å². The summed E-state index contributed by atoms with van der Waals surface area (Å²) >= 11 is 2.08. The van der Waals surface area contributed by atoms with Crippen LogP contribution in [-0.2, 0) is 14.3 Å². The van der Waals surface area contributed by atoms with Crippen molar-refractivity contribution in [2.75, 3.05) is 0 Å². The predicted octanol–water partition coefficient (Wildman–Crippen LogP) is 5.83. The maximum absolute atomic E-state index is 13.5. The number of aliphatic hydroxyl groups is 1. The van der Waals surface area contributed by atoms with Crippen molar-refractivity contribution >= 4 is 35.3 Å². The van der Waals surface area contributed by atoms with E-state index in [9.17, 15) is 9.90 Å². The van der Waals surface area contributed by atoms with Crippen LogP contribution in [0.15, 0.2) is 23.8 Å². The zero-order valence-electron chi connectivity index (χ0n) is 19.2. The highest BCUT2D eigenvalue weighted by molar-refractivity contribution is 14.2. The van der Waals surface area contributed by atoms with Gasteiger partial charge in [0.05, 0.1) is 12.2 Å². The number of hydrogen-bond donors (Lipinski definition) is 1. The first-order valence-corrected chi connectivity index (χ1v) is 15.0. The van der Waals surface area contributed by atoms with E-state index in [1.165, 1.54) is 20.1 Å². The van der Waals surface area contributed by atoms with Gasteiger partial charge >= 0.3 is 0 Å². The molecule has 3 saturated carbocycles. The molecular formula is C25H35IO4S. The van der Waals surface area contributed by atoms with Gasteiger partial charge in [-0.1, -0.05) is 44.6 Å². The molecule has 9 atom stereocenters. The molecule has 6 heteroatoms. The molecule has 1 saturated heterocycles. The molecule has 172 valence electrons. The number of carbonyl (C=O) groups is 1. The summed E-state index contributed by atoms with van der Waals surface area (Å²) in [5.74, 6) is 0.561. The fourth-order valence-corrected chi connectivity index (χ4v) is 10.2. The highest BCUT2D eigenvalue weighted by Gasteiger charge is 2.77. The van der Waals surface area contributed by atoms with Gasteiger partial charge in [0, 0.05) is 26.6 Å². The van der Waals surface area contributed by atoms with Crippen LogP contribution < -0.4 is 0 Å². The number of carbonyl (C=O) groups excluding carboxylic acids is 1. The lowest BCUT2D eigenvalue weighted by molar-refractivity contribution is -0.224. The number of halogens is 1. The fraction of sp³-hybridized carbons (Fsp3) is 0.800. The quantitative estimate of drug-likeness (QED) is 0.411. The van der Waals surface area contributed by atoms with Crippen molar-refractivity contribution in [2.24, 2.45) is 34.5 Å². The highest BCUT2D eigenvalue weighted by atomic mass is 127. The highest BCUT2D eigenvalue weighted by Crippen LogP contribution is 2.72. The predicted molar refractivity (Wildman–Crippen MR) is 132 cm³/mol. The molecule has 0 aromatic rings.